The van der Waals surface area contributed by atoms with Crippen molar-refractivity contribution in [3.05, 3.63) is 70.8 Å². The van der Waals surface area contributed by atoms with Gasteiger partial charge in [0.25, 0.3) is 0 Å². The van der Waals surface area contributed by atoms with Crippen molar-refractivity contribution in [2.45, 2.75) is 18.6 Å². The minimum absolute atomic E-state index is 0.504. The molecule has 0 radical (unpaired) electrons. The first-order chi connectivity index (χ1) is 9.76. The van der Waals surface area contributed by atoms with Gasteiger partial charge >= 0.3 is 0 Å². The summed E-state index contributed by atoms with van der Waals surface area (Å²) in [7, 11) is 0. The van der Waals surface area contributed by atoms with Crippen molar-refractivity contribution in [3.8, 4) is 0 Å². The van der Waals surface area contributed by atoms with E-state index in [9.17, 15) is 27.8 Å². The van der Waals surface area contributed by atoms with E-state index in [1.165, 1.54) is 0 Å². The van der Waals surface area contributed by atoms with Crippen LogP contribution in [0, 0.1) is 23.3 Å². The monoisotopic (exact) mass is 300 g/mol. The van der Waals surface area contributed by atoms with Crippen molar-refractivity contribution in [1.29, 1.82) is 0 Å². The van der Waals surface area contributed by atoms with Crippen molar-refractivity contribution < 1.29 is 27.8 Å². The van der Waals surface area contributed by atoms with Crippen LogP contribution < -0.4 is 0 Å². The van der Waals surface area contributed by atoms with Crippen LogP contribution in [-0.2, 0) is 5.60 Å². The highest BCUT2D eigenvalue weighted by Crippen LogP contribution is 2.36. The zero-order valence-corrected chi connectivity index (χ0v) is 10.9. The molecule has 0 unspecified atom stereocenters. The van der Waals surface area contributed by atoms with Gasteiger partial charge in [-0.05, 0) is 31.2 Å². The molecule has 0 aliphatic heterocycles. The molecule has 112 valence electrons. The van der Waals surface area contributed by atoms with Gasteiger partial charge in [-0.15, -0.1) is 0 Å². The van der Waals surface area contributed by atoms with Gasteiger partial charge in [-0.1, -0.05) is 0 Å². The van der Waals surface area contributed by atoms with Gasteiger partial charge in [0.15, 0.2) is 0 Å². The van der Waals surface area contributed by atoms with Crippen molar-refractivity contribution in [2.75, 3.05) is 0 Å². The van der Waals surface area contributed by atoms with Crippen LogP contribution >= 0.6 is 0 Å². The molecule has 2 rings (SSSR count). The molecular formula is C15H12F4O2. The van der Waals surface area contributed by atoms with Crippen molar-refractivity contribution in [2.24, 2.45) is 0 Å². The highest BCUT2D eigenvalue weighted by molar-refractivity contribution is 5.39. The van der Waals surface area contributed by atoms with E-state index < -0.39 is 46.1 Å². The maximum atomic E-state index is 13.9. The van der Waals surface area contributed by atoms with Gasteiger partial charge in [-0.25, -0.2) is 17.6 Å². The summed E-state index contributed by atoms with van der Waals surface area (Å²) in [4.78, 5) is 0. The molecule has 2 aromatic rings. The summed E-state index contributed by atoms with van der Waals surface area (Å²) in [6.45, 7) is 1.12. The third kappa shape index (κ3) is 2.64. The van der Waals surface area contributed by atoms with Crippen molar-refractivity contribution >= 4 is 0 Å². The van der Waals surface area contributed by atoms with E-state index in [0.717, 1.165) is 31.2 Å². The van der Waals surface area contributed by atoms with E-state index in [1.54, 1.807) is 0 Å². The van der Waals surface area contributed by atoms with Gasteiger partial charge < -0.3 is 10.2 Å². The number of halogens is 4. The molecule has 21 heavy (non-hydrogen) atoms. The lowest BCUT2D eigenvalue weighted by molar-refractivity contribution is -0.0440. The molecule has 0 saturated carbocycles. The summed E-state index contributed by atoms with van der Waals surface area (Å²) in [5.41, 5.74) is -3.50. The lowest BCUT2D eigenvalue weighted by Gasteiger charge is -2.32. The summed E-state index contributed by atoms with van der Waals surface area (Å²) < 4.78 is 53.7. The number of rotatable bonds is 3. The quantitative estimate of drug-likeness (QED) is 0.856. The zero-order chi connectivity index (χ0) is 15.8. The van der Waals surface area contributed by atoms with Crippen LogP contribution in [0.15, 0.2) is 36.4 Å². The first kappa shape index (κ1) is 15.5. The Balaban J connectivity index is 2.71. The molecule has 0 aliphatic carbocycles. The molecule has 2 N–H and O–H groups in total. The van der Waals surface area contributed by atoms with Crippen LogP contribution in [0.25, 0.3) is 0 Å². The van der Waals surface area contributed by atoms with Crippen LogP contribution in [-0.4, -0.2) is 16.3 Å². The van der Waals surface area contributed by atoms with Crippen molar-refractivity contribution in [3.63, 3.8) is 0 Å². The smallest absolute Gasteiger partial charge is 0.146 e. The highest BCUT2D eigenvalue weighted by atomic mass is 19.1. The summed E-state index contributed by atoms with van der Waals surface area (Å²) in [6, 6.07) is 4.55. The molecule has 0 spiro atoms. The third-order valence-corrected chi connectivity index (χ3v) is 3.29. The van der Waals surface area contributed by atoms with Crippen LogP contribution in [0.2, 0.25) is 0 Å². The number of aliphatic hydroxyl groups is 2. The summed E-state index contributed by atoms with van der Waals surface area (Å²) in [5.74, 6) is -4.07. The van der Waals surface area contributed by atoms with Gasteiger partial charge in [0.1, 0.15) is 28.9 Å². The molecule has 0 fully saturated rings. The predicted octanol–water partition coefficient (Wildman–Crippen LogP) is 2.86. The molecule has 0 amide bonds. The summed E-state index contributed by atoms with van der Waals surface area (Å²) in [5, 5.41) is 20.4. The van der Waals surface area contributed by atoms with Gasteiger partial charge in [-0.3, -0.25) is 0 Å². The van der Waals surface area contributed by atoms with E-state index >= 15 is 0 Å². The molecule has 1 atom stereocenters. The molecule has 0 aliphatic rings. The van der Waals surface area contributed by atoms with Crippen LogP contribution in [0.3, 0.4) is 0 Å². The fraction of sp³-hybridized carbons (Fsp3) is 0.200. The standard InChI is InChI=1S/C15H12F4O2/c1-8(20)15(21,11-4-2-9(16)6-13(11)18)12-5-3-10(17)7-14(12)19/h2-8,20-21H,1H3/t8-/m1/s1. The third-order valence-electron chi connectivity index (χ3n) is 3.29. The Morgan fingerprint density at radius 2 is 1.24 bits per heavy atom. The Hall–Kier alpha value is -1.92. The van der Waals surface area contributed by atoms with Gasteiger partial charge in [0.2, 0.25) is 0 Å². The topological polar surface area (TPSA) is 40.5 Å². The summed E-state index contributed by atoms with van der Waals surface area (Å²) >= 11 is 0. The molecular weight excluding hydrogens is 288 g/mol. The summed E-state index contributed by atoms with van der Waals surface area (Å²) in [6.07, 6.45) is -1.63. The fourth-order valence-corrected chi connectivity index (χ4v) is 2.19. The molecule has 2 aromatic carbocycles. The van der Waals surface area contributed by atoms with E-state index in [2.05, 4.69) is 0 Å². The van der Waals surface area contributed by atoms with E-state index in [-0.39, 0.29) is 0 Å². The molecule has 2 nitrogen and oxygen atoms in total. The van der Waals surface area contributed by atoms with Crippen molar-refractivity contribution in [1.82, 2.24) is 0 Å². The van der Waals surface area contributed by atoms with Crippen LogP contribution in [0.5, 0.6) is 0 Å². The molecule has 0 heterocycles. The SMILES string of the molecule is C[C@@H](O)C(O)(c1ccc(F)cc1F)c1ccc(F)cc1F. The van der Waals surface area contributed by atoms with Crippen LogP contribution in [0.1, 0.15) is 18.1 Å². The van der Waals surface area contributed by atoms with E-state index in [0.29, 0.717) is 12.1 Å². The lowest BCUT2D eigenvalue weighted by Crippen LogP contribution is -2.40. The predicted molar refractivity (Wildman–Crippen MR) is 67.4 cm³/mol. The van der Waals surface area contributed by atoms with Gasteiger partial charge in [0.05, 0.1) is 6.10 Å². The fourth-order valence-electron chi connectivity index (χ4n) is 2.19. The largest absolute Gasteiger partial charge is 0.390 e. The average molecular weight is 300 g/mol. The molecule has 0 aromatic heterocycles. The molecule has 0 bridgehead atoms. The zero-order valence-electron chi connectivity index (χ0n) is 10.9. The van der Waals surface area contributed by atoms with Gasteiger partial charge in [0, 0.05) is 23.3 Å². The van der Waals surface area contributed by atoms with Gasteiger partial charge in [-0.2, -0.15) is 0 Å². The Kier molecular flexibility index (Phi) is 4.02. The molecule has 6 heteroatoms. The first-order valence-corrected chi connectivity index (χ1v) is 6.08. The number of benzene rings is 2. The average Bonchev–Trinajstić information content (AvgIpc) is 2.37. The second-order valence-corrected chi connectivity index (χ2v) is 4.69. The lowest BCUT2D eigenvalue weighted by atomic mass is 9.81. The second-order valence-electron chi connectivity index (χ2n) is 4.69. The Morgan fingerprint density at radius 1 is 0.857 bits per heavy atom. The van der Waals surface area contributed by atoms with Crippen LogP contribution in [0.4, 0.5) is 17.6 Å². The van der Waals surface area contributed by atoms with E-state index in [1.807, 2.05) is 0 Å². The minimum Gasteiger partial charge on any atom is -0.390 e. The number of hydrogen-bond acceptors (Lipinski definition) is 2. The molecule has 0 saturated heterocycles. The highest BCUT2D eigenvalue weighted by Gasteiger charge is 2.41. The maximum Gasteiger partial charge on any atom is 0.146 e. The second kappa shape index (κ2) is 5.46. The first-order valence-electron chi connectivity index (χ1n) is 6.08. The number of hydrogen-bond donors (Lipinski definition) is 2. The number of aliphatic hydroxyl groups excluding tert-OH is 1. The Bertz CT molecular complexity index is 619. The Labute approximate surface area is 118 Å². The maximum absolute atomic E-state index is 13.9. The van der Waals surface area contributed by atoms with E-state index in [4.69, 9.17) is 0 Å². The normalized spacial score (nSPS) is 13.3. The Morgan fingerprint density at radius 3 is 1.52 bits per heavy atom. The minimum atomic E-state index is -2.48.